The Balaban J connectivity index is 1.33. The number of benzene rings is 2. The van der Waals surface area contributed by atoms with Crippen LogP contribution >= 0.6 is 0 Å². The standard InChI is InChI=1S/C36H43FN6O4S/c1-36(2,37)21-40-48(44,45)34-17-28-27(30-18-39-32(16-29(30)34)24-7-8-24)11-12-31(28)41-35(42-14-13-38-22-42)43(19-23-5-6-23)20-25-9-10-26(46-3)15-33(25)47-4/h9-10,13-18,22-24,31,40H,5-8,11-12,19-21H2,1-4H3/b41-35+/t31-/m1/s1. The van der Waals surface area contributed by atoms with Crippen LogP contribution in [0.2, 0.25) is 0 Å². The van der Waals surface area contributed by atoms with Crippen LogP contribution in [0, 0.1) is 5.92 Å². The Labute approximate surface area is 281 Å². The Kier molecular flexibility index (Phi) is 8.65. The van der Waals surface area contributed by atoms with E-state index in [0.717, 1.165) is 83.9 Å². The Morgan fingerprint density at radius 2 is 1.92 bits per heavy atom. The van der Waals surface area contributed by atoms with Gasteiger partial charge in [-0.1, -0.05) is 0 Å². The molecule has 10 nitrogen and oxygen atoms in total. The fraction of sp³-hybridized carbons (Fsp3) is 0.472. The lowest BCUT2D eigenvalue weighted by Crippen LogP contribution is -2.37. The number of aromatic nitrogens is 3. The van der Waals surface area contributed by atoms with Gasteiger partial charge in [0.25, 0.3) is 0 Å². The molecule has 254 valence electrons. The lowest BCUT2D eigenvalue weighted by molar-refractivity contribution is 0.221. The van der Waals surface area contributed by atoms with Crippen LogP contribution in [0.3, 0.4) is 0 Å². The van der Waals surface area contributed by atoms with Crippen molar-refractivity contribution in [2.24, 2.45) is 10.9 Å². The molecule has 2 saturated carbocycles. The average molecular weight is 675 g/mol. The maximum atomic E-state index is 14.5. The number of methoxy groups -OCH3 is 2. The first-order chi connectivity index (χ1) is 23.0. The summed E-state index contributed by atoms with van der Waals surface area (Å²) in [5.74, 6) is 3.09. The van der Waals surface area contributed by atoms with Crippen molar-refractivity contribution in [3.8, 4) is 11.5 Å². The fourth-order valence-electron chi connectivity index (χ4n) is 6.54. The molecule has 1 N–H and O–H groups in total. The van der Waals surface area contributed by atoms with Gasteiger partial charge >= 0.3 is 0 Å². The van der Waals surface area contributed by atoms with Crippen molar-refractivity contribution in [1.29, 1.82) is 0 Å². The zero-order valence-electron chi connectivity index (χ0n) is 27.9. The van der Waals surface area contributed by atoms with Gasteiger partial charge in [-0.3, -0.25) is 9.55 Å². The molecule has 7 rings (SSSR count). The van der Waals surface area contributed by atoms with Crippen LogP contribution < -0.4 is 14.2 Å². The van der Waals surface area contributed by atoms with Crippen molar-refractivity contribution in [3.05, 3.63) is 77.6 Å². The van der Waals surface area contributed by atoms with Crippen LogP contribution in [0.25, 0.3) is 10.8 Å². The van der Waals surface area contributed by atoms with Gasteiger partial charge in [-0.15, -0.1) is 0 Å². The first kappa shape index (κ1) is 32.5. The van der Waals surface area contributed by atoms with E-state index in [-0.39, 0.29) is 17.5 Å². The molecule has 12 heteroatoms. The predicted octanol–water partition coefficient (Wildman–Crippen LogP) is 6.16. The van der Waals surface area contributed by atoms with Gasteiger partial charge in [-0.05, 0) is 93.7 Å². The van der Waals surface area contributed by atoms with E-state index in [1.165, 1.54) is 13.8 Å². The number of pyridine rings is 1. The minimum Gasteiger partial charge on any atom is -0.497 e. The maximum Gasteiger partial charge on any atom is 0.241 e. The third-order valence-corrected chi connectivity index (χ3v) is 10.9. The largest absolute Gasteiger partial charge is 0.497 e. The van der Waals surface area contributed by atoms with E-state index in [1.807, 2.05) is 41.2 Å². The lowest BCUT2D eigenvalue weighted by Gasteiger charge is -2.28. The number of alkyl halides is 1. The molecule has 0 amide bonds. The van der Waals surface area contributed by atoms with Crippen LogP contribution in [0.15, 0.2) is 65.1 Å². The molecule has 0 radical (unpaired) electrons. The van der Waals surface area contributed by atoms with Crippen LogP contribution in [0.4, 0.5) is 4.39 Å². The summed E-state index contributed by atoms with van der Waals surface area (Å²) < 4.78 is 57.9. The van der Waals surface area contributed by atoms with Gasteiger partial charge in [-0.2, -0.15) is 0 Å². The number of aryl methyl sites for hydroxylation is 1. The summed E-state index contributed by atoms with van der Waals surface area (Å²) in [5, 5.41) is 1.45. The molecule has 0 aliphatic heterocycles. The predicted molar refractivity (Wildman–Crippen MR) is 183 cm³/mol. The second-order valence-electron chi connectivity index (χ2n) is 13.9. The molecule has 3 aliphatic carbocycles. The number of hydrogen-bond donors (Lipinski definition) is 1. The second kappa shape index (κ2) is 12.8. The highest BCUT2D eigenvalue weighted by atomic mass is 32.2. The minimum absolute atomic E-state index is 0.147. The normalized spacial score (nSPS) is 18.3. The Hall–Kier alpha value is -4.03. The highest BCUT2D eigenvalue weighted by Gasteiger charge is 2.34. The number of nitrogens with one attached hydrogen (secondary N) is 1. The van der Waals surface area contributed by atoms with Gasteiger partial charge in [0.1, 0.15) is 23.5 Å². The van der Waals surface area contributed by atoms with Gasteiger partial charge in [0.05, 0.1) is 25.2 Å². The average Bonchev–Trinajstić information content (AvgIpc) is 3.99. The number of aliphatic imine (C=N–C) groups is 1. The van der Waals surface area contributed by atoms with Crippen LogP contribution in [-0.4, -0.2) is 66.8 Å². The molecule has 0 unspecified atom stereocenters. The quantitative estimate of drug-likeness (QED) is 0.142. The topological polar surface area (TPSA) is 111 Å². The zero-order chi connectivity index (χ0) is 33.6. The summed E-state index contributed by atoms with van der Waals surface area (Å²) in [7, 11) is -0.759. The summed E-state index contributed by atoms with van der Waals surface area (Å²) in [5.41, 5.74) is 2.12. The Morgan fingerprint density at radius 3 is 2.58 bits per heavy atom. The summed E-state index contributed by atoms with van der Waals surface area (Å²) >= 11 is 0. The molecule has 0 saturated heterocycles. The van der Waals surface area contributed by atoms with E-state index in [2.05, 4.69) is 14.6 Å². The van der Waals surface area contributed by atoms with Crippen molar-refractivity contribution >= 4 is 26.8 Å². The van der Waals surface area contributed by atoms with Crippen LogP contribution in [0.5, 0.6) is 11.5 Å². The van der Waals surface area contributed by atoms with Crippen molar-refractivity contribution in [2.75, 3.05) is 27.3 Å². The number of ether oxygens (including phenoxy) is 2. The van der Waals surface area contributed by atoms with Gasteiger partial charge in [-0.25, -0.2) is 27.5 Å². The molecule has 48 heavy (non-hydrogen) atoms. The number of nitrogens with zero attached hydrogens (tertiary/aromatic N) is 5. The van der Waals surface area contributed by atoms with E-state index < -0.39 is 15.7 Å². The molecule has 4 aromatic rings. The molecule has 2 aromatic heterocycles. The highest BCUT2D eigenvalue weighted by Crippen LogP contribution is 2.44. The van der Waals surface area contributed by atoms with Crippen molar-refractivity contribution in [2.45, 2.75) is 81.4 Å². The summed E-state index contributed by atoms with van der Waals surface area (Å²) in [4.78, 5) is 16.9. The van der Waals surface area contributed by atoms with Crippen LogP contribution in [0.1, 0.15) is 80.3 Å². The molecule has 2 aromatic carbocycles. The summed E-state index contributed by atoms with van der Waals surface area (Å²) in [6.45, 7) is 3.76. The maximum absolute atomic E-state index is 14.5. The van der Waals surface area contributed by atoms with Gasteiger partial charge in [0.2, 0.25) is 16.0 Å². The summed E-state index contributed by atoms with van der Waals surface area (Å²) in [6, 6.07) is 9.23. The Morgan fingerprint density at radius 1 is 1.10 bits per heavy atom. The molecule has 0 bridgehead atoms. The van der Waals surface area contributed by atoms with Gasteiger partial charge in [0.15, 0.2) is 0 Å². The number of fused-ring (bicyclic) bond motifs is 3. The molecular formula is C36H43FN6O4S. The first-order valence-electron chi connectivity index (χ1n) is 16.7. The molecule has 2 fully saturated rings. The SMILES string of the molecule is COc1ccc(CN(CC2CC2)/C(=N/[C@@H]2CCc3c2cc(S(=O)(=O)NCC(C)(C)F)c2cc(C4CC4)ncc32)n2ccnc2)c(OC)c1. The first-order valence-corrected chi connectivity index (χ1v) is 18.2. The molecular weight excluding hydrogens is 631 g/mol. The lowest BCUT2D eigenvalue weighted by atomic mass is 10.0. The summed E-state index contributed by atoms with van der Waals surface area (Å²) in [6.07, 6.45) is 13.1. The number of imidazole rings is 1. The molecule has 0 spiro atoms. The Bertz CT molecular complexity index is 1950. The molecule has 3 aliphatic rings. The third-order valence-electron chi connectivity index (χ3n) is 9.47. The number of hydrogen-bond acceptors (Lipinski definition) is 7. The van der Waals surface area contributed by atoms with E-state index in [9.17, 15) is 12.8 Å². The second-order valence-corrected chi connectivity index (χ2v) is 15.6. The van der Waals surface area contributed by atoms with E-state index in [4.69, 9.17) is 19.5 Å². The van der Waals surface area contributed by atoms with Crippen LogP contribution in [-0.2, 0) is 23.0 Å². The molecule has 1 atom stereocenters. The van der Waals surface area contributed by atoms with E-state index in [0.29, 0.717) is 30.2 Å². The highest BCUT2D eigenvalue weighted by molar-refractivity contribution is 7.89. The van der Waals surface area contributed by atoms with Gasteiger partial charge < -0.3 is 14.4 Å². The number of rotatable bonds is 12. The zero-order valence-corrected chi connectivity index (χ0v) is 28.8. The third kappa shape index (κ3) is 6.91. The molecule has 2 heterocycles. The minimum atomic E-state index is -4.05. The van der Waals surface area contributed by atoms with Crippen molar-refractivity contribution in [3.63, 3.8) is 0 Å². The number of halogens is 1. The monoisotopic (exact) mass is 674 g/mol. The van der Waals surface area contributed by atoms with Crippen molar-refractivity contribution < 1.29 is 22.3 Å². The fourth-order valence-corrected chi connectivity index (χ4v) is 7.97. The van der Waals surface area contributed by atoms with E-state index in [1.54, 1.807) is 32.8 Å². The van der Waals surface area contributed by atoms with Gasteiger partial charge in [0, 0.05) is 72.2 Å². The van der Waals surface area contributed by atoms with E-state index >= 15 is 0 Å². The number of sulfonamides is 1. The smallest absolute Gasteiger partial charge is 0.241 e. The van der Waals surface area contributed by atoms with Crippen molar-refractivity contribution in [1.82, 2.24) is 24.2 Å².